The highest BCUT2D eigenvalue weighted by Gasteiger charge is 2.08. The molecule has 0 saturated carbocycles. The van der Waals surface area contributed by atoms with Gasteiger partial charge in [-0.15, -0.1) is 0 Å². The van der Waals surface area contributed by atoms with Crippen LogP contribution in [0.3, 0.4) is 0 Å². The van der Waals surface area contributed by atoms with Gasteiger partial charge in [0, 0.05) is 29.5 Å². The molecule has 0 saturated heterocycles. The van der Waals surface area contributed by atoms with Crippen molar-refractivity contribution in [2.45, 2.75) is 13.3 Å². The number of pyridine rings is 2. The summed E-state index contributed by atoms with van der Waals surface area (Å²) in [6.45, 7) is 2.13. The maximum Gasteiger partial charge on any atom is 0.123 e. The minimum Gasteiger partial charge on any atom is -0.384 e. The standard InChI is InChI=1S/C16H14ClN3/c1-2-10-3-4-19-8-13(10)11-5-12-7-16(18)20-9-14(12)15(17)6-11/h3-9H,2H2,1H3,(H2,18,20). The number of nitrogens with two attached hydrogens (primary N) is 1. The van der Waals surface area contributed by atoms with Crippen LogP contribution in [0, 0.1) is 0 Å². The van der Waals surface area contributed by atoms with Gasteiger partial charge in [0.1, 0.15) is 5.82 Å². The van der Waals surface area contributed by atoms with Gasteiger partial charge in [0.25, 0.3) is 0 Å². The largest absolute Gasteiger partial charge is 0.384 e. The maximum atomic E-state index is 6.36. The molecule has 4 heteroatoms. The number of rotatable bonds is 2. The van der Waals surface area contributed by atoms with E-state index in [1.165, 1.54) is 5.56 Å². The molecule has 2 heterocycles. The molecule has 2 N–H and O–H groups in total. The lowest BCUT2D eigenvalue weighted by Gasteiger charge is -2.10. The lowest BCUT2D eigenvalue weighted by Crippen LogP contribution is -1.92. The Morgan fingerprint density at radius 3 is 2.85 bits per heavy atom. The third-order valence-corrected chi connectivity index (χ3v) is 3.72. The molecule has 20 heavy (non-hydrogen) atoms. The van der Waals surface area contributed by atoms with Crippen molar-refractivity contribution >= 4 is 28.2 Å². The number of anilines is 1. The first-order chi connectivity index (χ1) is 9.69. The van der Waals surface area contributed by atoms with Gasteiger partial charge in [0.15, 0.2) is 0 Å². The van der Waals surface area contributed by atoms with Gasteiger partial charge in [0.05, 0.1) is 5.02 Å². The molecular weight excluding hydrogens is 270 g/mol. The summed E-state index contributed by atoms with van der Waals surface area (Å²) in [7, 11) is 0. The van der Waals surface area contributed by atoms with Crippen molar-refractivity contribution in [1.82, 2.24) is 9.97 Å². The molecule has 100 valence electrons. The highest BCUT2D eigenvalue weighted by atomic mass is 35.5. The molecule has 1 aromatic carbocycles. The van der Waals surface area contributed by atoms with Crippen LogP contribution < -0.4 is 5.73 Å². The van der Waals surface area contributed by atoms with E-state index in [9.17, 15) is 0 Å². The van der Waals surface area contributed by atoms with E-state index in [1.807, 2.05) is 30.6 Å². The van der Waals surface area contributed by atoms with Crippen LogP contribution in [0.1, 0.15) is 12.5 Å². The zero-order valence-electron chi connectivity index (χ0n) is 11.1. The van der Waals surface area contributed by atoms with Gasteiger partial charge in [-0.05, 0) is 47.2 Å². The Morgan fingerprint density at radius 1 is 1.20 bits per heavy atom. The Labute approximate surface area is 122 Å². The fraction of sp³-hybridized carbons (Fsp3) is 0.125. The fourth-order valence-corrected chi connectivity index (χ4v) is 2.65. The molecule has 0 fully saturated rings. The Kier molecular flexibility index (Phi) is 3.28. The van der Waals surface area contributed by atoms with Crippen LogP contribution in [0.25, 0.3) is 21.9 Å². The van der Waals surface area contributed by atoms with Gasteiger partial charge in [-0.1, -0.05) is 18.5 Å². The molecule has 3 nitrogen and oxygen atoms in total. The second-order valence-electron chi connectivity index (χ2n) is 4.67. The minimum atomic E-state index is 0.493. The third-order valence-electron chi connectivity index (χ3n) is 3.41. The summed E-state index contributed by atoms with van der Waals surface area (Å²) in [5, 5.41) is 2.58. The second kappa shape index (κ2) is 5.10. The lowest BCUT2D eigenvalue weighted by molar-refractivity contribution is 1.12. The third kappa shape index (κ3) is 2.21. The van der Waals surface area contributed by atoms with E-state index in [-0.39, 0.29) is 0 Å². The molecule has 0 aliphatic carbocycles. The number of hydrogen-bond acceptors (Lipinski definition) is 3. The normalized spacial score (nSPS) is 10.9. The molecule has 0 amide bonds. The zero-order valence-corrected chi connectivity index (χ0v) is 11.9. The fourth-order valence-electron chi connectivity index (χ4n) is 2.38. The maximum absolute atomic E-state index is 6.36. The summed E-state index contributed by atoms with van der Waals surface area (Å²) >= 11 is 6.36. The van der Waals surface area contributed by atoms with Crippen molar-refractivity contribution in [3.05, 3.63) is 53.4 Å². The Hall–Kier alpha value is -2.13. The molecule has 0 aliphatic rings. The smallest absolute Gasteiger partial charge is 0.123 e. The average Bonchev–Trinajstić information content (AvgIpc) is 2.46. The number of nitrogen functional groups attached to an aromatic ring is 1. The van der Waals surface area contributed by atoms with Gasteiger partial charge in [-0.25, -0.2) is 4.98 Å². The SMILES string of the molecule is CCc1ccncc1-c1cc(Cl)c2cnc(N)cc2c1. The van der Waals surface area contributed by atoms with E-state index < -0.39 is 0 Å². The molecule has 0 atom stereocenters. The summed E-state index contributed by atoms with van der Waals surface area (Å²) in [5.74, 6) is 0.493. The van der Waals surface area contributed by atoms with Crippen molar-refractivity contribution < 1.29 is 0 Å². The van der Waals surface area contributed by atoms with Gasteiger partial charge in [0.2, 0.25) is 0 Å². The number of halogens is 1. The summed E-state index contributed by atoms with van der Waals surface area (Å²) in [4.78, 5) is 8.30. The quantitative estimate of drug-likeness (QED) is 0.770. The Morgan fingerprint density at radius 2 is 2.05 bits per heavy atom. The predicted octanol–water partition coefficient (Wildman–Crippen LogP) is 4.09. The van der Waals surface area contributed by atoms with Crippen molar-refractivity contribution in [3.8, 4) is 11.1 Å². The number of fused-ring (bicyclic) bond motifs is 1. The first-order valence-electron chi connectivity index (χ1n) is 6.47. The van der Waals surface area contributed by atoms with Crippen molar-refractivity contribution in [3.63, 3.8) is 0 Å². The number of aryl methyl sites for hydroxylation is 1. The summed E-state index contributed by atoms with van der Waals surface area (Å²) < 4.78 is 0. The van der Waals surface area contributed by atoms with Crippen LogP contribution in [-0.4, -0.2) is 9.97 Å². The second-order valence-corrected chi connectivity index (χ2v) is 5.08. The zero-order chi connectivity index (χ0) is 14.1. The van der Waals surface area contributed by atoms with Crippen LogP contribution >= 0.6 is 11.6 Å². The van der Waals surface area contributed by atoms with E-state index in [4.69, 9.17) is 17.3 Å². The van der Waals surface area contributed by atoms with Crippen LogP contribution in [-0.2, 0) is 6.42 Å². The summed E-state index contributed by atoms with van der Waals surface area (Å²) in [6.07, 6.45) is 6.35. The van der Waals surface area contributed by atoms with E-state index in [1.54, 1.807) is 6.20 Å². The Bertz CT molecular complexity index is 784. The van der Waals surface area contributed by atoms with Crippen LogP contribution in [0.2, 0.25) is 5.02 Å². The lowest BCUT2D eigenvalue weighted by atomic mass is 9.98. The predicted molar refractivity (Wildman–Crippen MR) is 83.8 cm³/mol. The van der Waals surface area contributed by atoms with Crippen LogP contribution in [0.5, 0.6) is 0 Å². The molecule has 0 unspecified atom stereocenters. The molecule has 0 bridgehead atoms. The molecular formula is C16H14ClN3. The first-order valence-corrected chi connectivity index (χ1v) is 6.85. The van der Waals surface area contributed by atoms with E-state index >= 15 is 0 Å². The molecule has 0 spiro atoms. The van der Waals surface area contributed by atoms with Crippen molar-refractivity contribution in [2.75, 3.05) is 5.73 Å². The highest BCUT2D eigenvalue weighted by Crippen LogP contribution is 2.32. The van der Waals surface area contributed by atoms with E-state index in [0.717, 1.165) is 28.3 Å². The number of nitrogens with zero attached hydrogens (tertiary/aromatic N) is 2. The van der Waals surface area contributed by atoms with Gasteiger partial charge >= 0.3 is 0 Å². The first kappa shape index (κ1) is 12.9. The monoisotopic (exact) mass is 283 g/mol. The van der Waals surface area contributed by atoms with Gasteiger partial charge in [-0.2, -0.15) is 0 Å². The topological polar surface area (TPSA) is 51.8 Å². The van der Waals surface area contributed by atoms with Crippen molar-refractivity contribution in [1.29, 1.82) is 0 Å². The molecule has 0 radical (unpaired) electrons. The van der Waals surface area contributed by atoms with Crippen LogP contribution in [0.15, 0.2) is 42.9 Å². The summed E-state index contributed by atoms with van der Waals surface area (Å²) in [5.41, 5.74) is 9.16. The number of benzene rings is 1. The molecule has 3 aromatic rings. The molecule has 3 rings (SSSR count). The number of hydrogen-bond donors (Lipinski definition) is 1. The average molecular weight is 284 g/mol. The Balaban J connectivity index is 2.26. The molecule has 0 aliphatic heterocycles. The van der Waals surface area contributed by atoms with E-state index in [2.05, 4.69) is 23.0 Å². The highest BCUT2D eigenvalue weighted by molar-refractivity contribution is 6.35. The number of aromatic nitrogens is 2. The minimum absolute atomic E-state index is 0.493. The van der Waals surface area contributed by atoms with E-state index in [0.29, 0.717) is 10.8 Å². The van der Waals surface area contributed by atoms with Crippen molar-refractivity contribution in [2.24, 2.45) is 0 Å². The van der Waals surface area contributed by atoms with Gasteiger partial charge < -0.3 is 5.73 Å². The summed E-state index contributed by atoms with van der Waals surface area (Å²) in [6, 6.07) is 7.91. The van der Waals surface area contributed by atoms with Crippen LogP contribution in [0.4, 0.5) is 5.82 Å². The molecule has 2 aromatic heterocycles. The van der Waals surface area contributed by atoms with Gasteiger partial charge in [-0.3, -0.25) is 4.98 Å².